The second kappa shape index (κ2) is 5.54. The molecule has 4 N–H and O–H groups in total. The lowest BCUT2D eigenvalue weighted by Gasteiger charge is -2.13. The van der Waals surface area contributed by atoms with E-state index >= 15 is 0 Å². The van der Waals surface area contributed by atoms with Crippen LogP contribution in [0.3, 0.4) is 0 Å². The van der Waals surface area contributed by atoms with Gasteiger partial charge in [-0.15, -0.1) is 0 Å². The molecule has 0 unspecified atom stereocenters. The van der Waals surface area contributed by atoms with Gasteiger partial charge in [0.15, 0.2) is 0 Å². The number of allylic oxidation sites excluding steroid dienone is 1. The lowest BCUT2D eigenvalue weighted by molar-refractivity contribution is 0.208. The van der Waals surface area contributed by atoms with E-state index in [0.29, 0.717) is 18.9 Å². The first-order valence-electron chi connectivity index (χ1n) is 6.95. The molecule has 2 aromatic rings. The van der Waals surface area contributed by atoms with Crippen molar-refractivity contribution in [1.29, 1.82) is 0 Å². The first kappa shape index (κ1) is 13.6. The fourth-order valence-electron chi connectivity index (χ4n) is 2.39. The Morgan fingerprint density at radius 2 is 2.24 bits per heavy atom. The summed E-state index contributed by atoms with van der Waals surface area (Å²) < 4.78 is 0. The molecule has 3 rings (SSSR count). The molecule has 0 saturated heterocycles. The number of nitrogens with two attached hydrogens (primary N) is 1. The Labute approximate surface area is 123 Å². The topological polar surface area (TPSA) is 83.5 Å². The van der Waals surface area contributed by atoms with Crippen LogP contribution in [0.5, 0.6) is 0 Å². The van der Waals surface area contributed by atoms with E-state index < -0.39 is 6.10 Å². The number of pyridine rings is 1. The predicted octanol–water partition coefficient (Wildman–Crippen LogP) is 2.08. The molecule has 0 aliphatic carbocycles. The van der Waals surface area contributed by atoms with E-state index in [0.717, 1.165) is 22.2 Å². The summed E-state index contributed by atoms with van der Waals surface area (Å²) in [6.45, 7) is 2.92. The molecule has 1 aliphatic heterocycles. The van der Waals surface area contributed by atoms with Gasteiger partial charge in [0.25, 0.3) is 0 Å². The van der Waals surface area contributed by atoms with Crippen LogP contribution in [-0.2, 0) is 0 Å². The average molecular weight is 282 g/mol. The van der Waals surface area contributed by atoms with E-state index in [9.17, 15) is 5.11 Å². The third kappa shape index (κ3) is 2.87. The van der Waals surface area contributed by atoms with Crippen molar-refractivity contribution in [2.45, 2.75) is 13.0 Å². The highest BCUT2D eigenvalue weighted by molar-refractivity contribution is 5.96. The Bertz CT molecular complexity index is 734. The maximum absolute atomic E-state index is 9.41. The monoisotopic (exact) mass is 282 g/mol. The number of benzene rings is 1. The van der Waals surface area contributed by atoms with Crippen LogP contribution in [0.1, 0.15) is 12.5 Å². The summed E-state index contributed by atoms with van der Waals surface area (Å²) in [6.07, 6.45) is 3.41. The number of aromatic nitrogens is 1. The quantitative estimate of drug-likeness (QED) is 0.801. The number of anilines is 2. The summed E-state index contributed by atoms with van der Waals surface area (Å²) in [7, 11) is 0. The van der Waals surface area contributed by atoms with Crippen LogP contribution in [0.15, 0.2) is 35.3 Å². The van der Waals surface area contributed by atoms with Crippen LogP contribution in [0.2, 0.25) is 0 Å². The van der Waals surface area contributed by atoms with Gasteiger partial charge < -0.3 is 16.2 Å². The normalized spacial score (nSPS) is 15.2. The van der Waals surface area contributed by atoms with Crippen molar-refractivity contribution in [2.24, 2.45) is 4.99 Å². The van der Waals surface area contributed by atoms with Crippen molar-refractivity contribution < 1.29 is 5.11 Å². The van der Waals surface area contributed by atoms with Gasteiger partial charge >= 0.3 is 0 Å². The van der Waals surface area contributed by atoms with Gasteiger partial charge in [0.2, 0.25) is 0 Å². The average Bonchev–Trinajstić information content (AvgIpc) is 2.98. The number of nitrogens with one attached hydrogen (secondary N) is 1. The first-order chi connectivity index (χ1) is 10.1. The van der Waals surface area contributed by atoms with E-state index in [1.165, 1.54) is 5.57 Å². The van der Waals surface area contributed by atoms with Gasteiger partial charge in [-0.2, -0.15) is 0 Å². The number of aliphatic imine (C=N–C) groups is 1. The predicted molar refractivity (Wildman–Crippen MR) is 87.7 cm³/mol. The van der Waals surface area contributed by atoms with Gasteiger partial charge in [-0.3, -0.25) is 4.99 Å². The zero-order chi connectivity index (χ0) is 14.8. The Morgan fingerprint density at radius 1 is 1.38 bits per heavy atom. The maximum Gasteiger partial charge on any atom is 0.126 e. The number of fused-ring (bicyclic) bond motifs is 1. The van der Waals surface area contributed by atoms with Crippen molar-refractivity contribution >= 4 is 34.2 Å². The summed E-state index contributed by atoms with van der Waals surface area (Å²) in [5.41, 5.74) is 9.90. The number of nitrogen functional groups attached to an aromatic ring is 1. The number of hydrogen-bond acceptors (Lipinski definition) is 5. The van der Waals surface area contributed by atoms with E-state index in [1.807, 2.05) is 24.4 Å². The number of nitrogens with zero attached hydrogens (tertiary/aromatic N) is 2. The van der Waals surface area contributed by atoms with Crippen molar-refractivity contribution in [3.63, 3.8) is 0 Å². The molecule has 0 bridgehead atoms. The summed E-state index contributed by atoms with van der Waals surface area (Å²) in [4.78, 5) is 8.61. The fraction of sp³-hybridized carbons (Fsp3) is 0.250. The Balaban J connectivity index is 2.01. The molecule has 1 aliphatic rings. The highest BCUT2D eigenvalue weighted by atomic mass is 16.3. The van der Waals surface area contributed by atoms with Gasteiger partial charge in [0.05, 0.1) is 18.2 Å². The Morgan fingerprint density at radius 3 is 2.95 bits per heavy atom. The molecule has 108 valence electrons. The van der Waals surface area contributed by atoms with Crippen LogP contribution in [0.25, 0.3) is 16.5 Å². The van der Waals surface area contributed by atoms with Crippen LogP contribution in [-0.4, -0.2) is 35.5 Å². The highest BCUT2D eigenvalue weighted by Crippen LogP contribution is 2.28. The van der Waals surface area contributed by atoms with Gasteiger partial charge in [-0.25, -0.2) is 4.98 Å². The standard InChI is InChI=1S/C16H18N4O/c1-10(21)8-19-14-7-16(17)20-15-6-11(2-3-13(14)15)12-4-5-18-9-12/h2-7,10,21H,8-9H2,1H3,(H3,17,19,20)/t10-/m0/s1. The molecule has 5 heteroatoms. The molecule has 0 radical (unpaired) electrons. The van der Waals surface area contributed by atoms with Crippen LogP contribution in [0, 0.1) is 0 Å². The summed E-state index contributed by atoms with van der Waals surface area (Å²) >= 11 is 0. The lowest BCUT2D eigenvalue weighted by atomic mass is 10.0. The van der Waals surface area contributed by atoms with Crippen molar-refractivity contribution in [2.75, 3.05) is 24.1 Å². The molecule has 1 aromatic carbocycles. The van der Waals surface area contributed by atoms with Gasteiger partial charge in [-0.1, -0.05) is 12.1 Å². The zero-order valence-electron chi connectivity index (χ0n) is 11.9. The minimum atomic E-state index is -0.422. The van der Waals surface area contributed by atoms with Gasteiger partial charge in [0.1, 0.15) is 5.82 Å². The van der Waals surface area contributed by atoms with E-state index in [1.54, 1.807) is 13.0 Å². The minimum Gasteiger partial charge on any atom is -0.392 e. The molecule has 0 saturated carbocycles. The minimum absolute atomic E-state index is 0.422. The smallest absolute Gasteiger partial charge is 0.126 e. The first-order valence-corrected chi connectivity index (χ1v) is 6.95. The van der Waals surface area contributed by atoms with Crippen molar-refractivity contribution in [3.05, 3.63) is 35.9 Å². The molecule has 0 fully saturated rings. The second-order valence-corrected chi connectivity index (χ2v) is 5.24. The third-order valence-corrected chi connectivity index (χ3v) is 3.43. The number of hydrogen-bond donors (Lipinski definition) is 3. The van der Waals surface area contributed by atoms with E-state index in [2.05, 4.69) is 21.4 Å². The lowest BCUT2D eigenvalue weighted by Crippen LogP contribution is -2.15. The van der Waals surface area contributed by atoms with Gasteiger partial charge in [-0.05, 0) is 30.2 Å². The summed E-state index contributed by atoms with van der Waals surface area (Å²) in [6, 6.07) is 7.91. The van der Waals surface area contributed by atoms with E-state index in [4.69, 9.17) is 5.73 Å². The number of rotatable bonds is 4. The number of aliphatic hydroxyl groups is 1. The van der Waals surface area contributed by atoms with Crippen molar-refractivity contribution in [3.8, 4) is 0 Å². The van der Waals surface area contributed by atoms with Crippen molar-refractivity contribution in [1.82, 2.24) is 4.98 Å². The SMILES string of the molecule is C[C@H](O)CNc1cc(N)nc2cc(C3=CC=NC3)ccc12. The molecule has 5 nitrogen and oxygen atoms in total. The van der Waals surface area contributed by atoms with Crippen LogP contribution >= 0.6 is 0 Å². The Hall–Kier alpha value is -2.40. The zero-order valence-corrected chi connectivity index (χ0v) is 11.9. The summed E-state index contributed by atoms with van der Waals surface area (Å²) in [5.74, 6) is 0.462. The summed E-state index contributed by atoms with van der Waals surface area (Å²) in [5, 5.41) is 13.6. The van der Waals surface area contributed by atoms with Crippen LogP contribution in [0.4, 0.5) is 11.5 Å². The van der Waals surface area contributed by atoms with E-state index in [-0.39, 0.29) is 0 Å². The molecule has 0 amide bonds. The molecular formula is C16H18N4O. The molecule has 0 spiro atoms. The molecule has 21 heavy (non-hydrogen) atoms. The van der Waals surface area contributed by atoms with Gasteiger partial charge in [0, 0.05) is 29.9 Å². The molecule has 2 heterocycles. The second-order valence-electron chi connectivity index (χ2n) is 5.24. The molecular weight excluding hydrogens is 264 g/mol. The largest absolute Gasteiger partial charge is 0.392 e. The van der Waals surface area contributed by atoms with Crippen LogP contribution < -0.4 is 11.1 Å². The Kier molecular flexibility index (Phi) is 3.58. The molecule has 1 aromatic heterocycles. The maximum atomic E-state index is 9.41. The fourth-order valence-corrected chi connectivity index (χ4v) is 2.39. The highest BCUT2D eigenvalue weighted by Gasteiger charge is 2.09. The third-order valence-electron chi connectivity index (χ3n) is 3.43. The number of aliphatic hydroxyl groups excluding tert-OH is 1. The molecule has 1 atom stereocenters.